The van der Waals surface area contributed by atoms with Gasteiger partial charge in [0.1, 0.15) is 16.1 Å². The van der Waals surface area contributed by atoms with Gasteiger partial charge in [-0.1, -0.05) is 30.1 Å². The molecule has 0 unspecified atom stereocenters. The Bertz CT molecular complexity index is 685. The van der Waals surface area contributed by atoms with Gasteiger partial charge in [0.15, 0.2) is 6.61 Å². The number of nitrogen functional groups attached to an aromatic ring is 1. The van der Waals surface area contributed by atoms with Gasteiger partial charge in [0.05, 0.1) is 5.69 Å². The van der Waals surface area contributed by atoms with Crippen molar-refractivity contribution in [3.8, 4) is 0 Å². The third-order valence-electron chi connectivity index (χ3n) is 2.98. The van der Waals surface area contributed by atoms with Gasteiger partial charge in [0.2, 0.25) is 5.91 Å². The molecule has 1 heterocycles. The highest BCUT2D eigenvalue weighted by Crippen LogP contribution is 2.32. The van der Waals surface area contributed by atoms with E-state index in [2.05, 4.69) is 15.6 Å². The van der Waals surface area contributed by atoms with Gasteiger partial charge in [-0.2, -0.15) is 4.98 Å². The molecule has 0 aliphatic rings. The number of aromatic amines is 1. The number of nitrogens with one attached hydrogen (secondary N) is 3. The van der Waals surface area contributed by atoms with Crippen molar-refractivity contribution in [1.82, 2.24) is 10.6 Å². The fourth-order valence-corrected chi connectivity index (χ4v) is 2.27. The van der Waals surface area contributed by atoms with Crippen molar-refractivity contribution in [1.29, 1.82) is 0 Å². The van der Waals surface area contributed by atoms with E-state index < -0.39 is 24.5 Å². The second kappa shape index (κ2) is 9.65. The van der Waals surface area contributed by atoms with Crippen LogP contribution in [0.15, 0.2) is 0 Å². The molecule has 0 aromatic carbocycles. The smallest absolute Gasteiger partial charge is 0.405 e. The third kappa shape index (κ3) is 5.91. The van der Waals surface area contributed by atoms with Gasteiger partial charge >= 0.3 is 11.7 Å². The van der Waals surface area contributed by atoms with Gasteiger partial charge in [0.25, 0.3) is 11.1 Å². The minimum atomic E-state index is -0.950. The Hall–Kier alpha value is -1.77. The molecule has 11 heteroatoms. The average Bonchev–Trinajstić information content (AvgIpc) is 2.58. The second-order valence-corrected chi connectivity index (χ2v) is 6.15. The zero-order valence-electron chi connectivity index (χ0n) is 13.5. The summed E-state index contributed by atoms with van der Waals surface area (Å²) in [4.78, 5) is 37.8. The molecule has 25 heavy (non-hydrogen) atoms. The van der Waals surface area contributed by atoms with Gasteiger partial charge in [-0.25, -0.2) is 4.79 Å². The molecule has 1 atom stereocenters. The quantitative estimate of drug-likeness (QED) is 0.459. The molecule has 0 saturated heterocycles. The number of carbonyl (C=O) groups is 3. The Morgan fingerprint density at radius 2 is 1.88 bits per heavy atom. The number of pyridine rings is 1. The maximum Gasteiger partial charge on any atom is 0.405 e. The highest BCUT2D eigenvalue weighted by molar-refractivity contribution is 6.45. The summed E-state index contributed by atoms with van der Waals surface area (Å²) in [6.07, 6.45) is 0.772. The van der Waals surface area contributed by atoms with Crippen molar-refractivity contribution in [2.75, 3.05) is 18.9 Å². The van der Waals surface area contributed by atoms with Crippen LogP contribution < -0.4 is 21.4 Å². The van der Waals surface area contributed by atoms with E-state index in [9.17, 15) is 14.4 Å². The Labute approximate surface area is 159 Å². The number of anilines is 1. The van der Waals surface area contributed by atoms with Crippen LogP contribution in [0.1, 0.15) is 30.8 Å². The lowest BCUT2D eigenvalue weighted by atomic mass is 10.3. The summed E-state index contributed by atoms with van der Waals surface area (Å²) in [6, 6.07) is -0.770. The second-order valence-electron chi connectivity index (χ2n) is 5.01. The predicted octanol–water partition coefficient (Wildman–Crippen LogP) is 1.23. The first-order valence-electron chi connectivity index (χ1n) is 7.28. The molecule has 138 valence electrons. The van der Waals surface area contributed by atoms with Crippen molar-refractivity contribution in [2.45, 2.75) is 26.3 Å². The molecule has 0 fully saturated rings. The summed E-state index contributed by atoms with van der Waals surface area (Å²) in [5.74, 6) is -1.94. The first-order chi connectivity index (χ1) is 11.7. The van der Waals surface area contributed by atoms with Gasteiger partial charge in [0, 0.05) is 6.54 Å². The molecule has 1 rings (SSSR count). The van der Waals surface area contributed by atoms with Crippen molar-refractivity contribution in [3.63, 3.8) is 0 Å². The van der Waals surface area contributed by atoms with Crippen LogP contribution in [0, 0.1) is 0 Å². The van der Waals surface area contributed by atoms with Gasteiger partial charge < -0.3 is 21.1 Å². The predicted molar refractivity (Wildman–Crippen MR) is 93.6 cm³/mol. The number of H-pyrrole nitrogens is 1. The lowest BCUT2D eigenvalue weighted by Crippen LogP contribution is -2.46. The summed E-state index contributed by atoms with van der Waals surface area (Å²) in [5, 5.41) is 4.72. The Kier molecular flexibility index (Phi) is 8.21. The molecule has 0 saturated carbocycles. The monoisotopic (exact) mass is 411 g/mol. The summed E-state index contributed by atoms with van der Waals surface area (Å²) in [5.41, 5.74) is 5.28. The van der Waals surface area contributed by atoms with E-state index in [1.54, 1.807) is 0 Å². The largest absolute Gasteiger partial charge is 0.448 e. The molecule has 0 bridgehead atoms. The number of hydrogen-bond donors (Lipinski definition) is 3. The summed E-state index contributed by atoms with van der Waals surface area (Å²) in [7, 11) is 0. The topological polar surface area (TPSA) is 125 Å². The van der Waals surface area contributed by atoms with E-state index in [-0.39, 0.29) is 32.5 Å². The number of esters is 1. The van der Waals surface area contributed by atoms with E-state index in [0.29, 0.717) is 6.54 Å². The maximum absolute atomic E-state index is 12.0. The summed E-state index contributed by atoms with van der Waals surface area (Å²) in [6.45, 7) is 3.30. The third-order valence-corrected chi connectivity index (χ3v) is 4.14. The SMILES string of the molecule is CCCNC(=O)[C@H](C)NC(=O)COC(=O)c1[nH+]c(Cl)c(Cl)c(N)c1Cl. The minimum absolute atomic E-state index is 0.0344. The van der Waals surface area contributed by atoms with Gasteiger partial charge in [-0.05, 0) is 24.9 Å². The molecular weight excluding hydrogens is 395 g/mol. The van der Waals surface area contributed by atoms with Crippen molar-refractivity contribution < 1.29 is 24.1 Å². The minimum Gasteiger partial charge on any atom is -0.448 e. The molecule has 2 amide bonds. The highest BCUT2D eigenvalue weighted by atomic mass is 35.5. The fraction of sp³-hybridized carbons (Fsp3) is 0.429. The number of rotatable bonds is 7. The number of halogens is 3. The number of aromatic nitrogens is 1. The highest BCUT2D eigenvalue weighted by Gasteiger charge is 2.28. The number of ether oxygens (including phenoxy) is 1. The van der Waals surface area contributed by atoms with Crippen molar-refractivity contribution >= 4 is 58.3 Å². The van der Waals surface area contributed by atoms with Crippen molar-refractivity contribution in [2.24, 2.45) is 0 Å². The first kappa shape index (κ1) is 21.3. The van der Waals surface area contributed by atoms with Crippen LogP contribution in [-0.2, 0) is 14.3 Å². The van der Waals surface area contributed by atoms with Crippen LogP contribution in [0.3, 0.4) is 0 Å². The molecule has 1 aromatic rings. The summed E-state index contributed by atoms with van der Waals surface area (Å²) >= 11 is 17.5. The van der Waals surface area contributed by atoms with E-state index in [1.807, 2.05) is 6.92 Å². The molecule has 0 radical (unpaired) electrons. The maximum atomic E-state index is 12.0. The standard InChI is InChI=1S/C14H17Cl3N4O4/c1-3-4-19-13(23)6(2)20-7(22)5-25-14(24)11-8(15)10(18)9(16)12(17)21-11/h6H,3-5H2,1-2H3,(H2,18,21)(H,19,23)(H,20,22)/p+1/t6-/m0/s1. The molecule has 0 aliphatic heterocycles. The van der Waals surface area contributed by atoms with Crippen LogP contribution in [0.4, 0.5) is 5.69 Å². The first-order valence-corrected chi connectivity index (χ1v) is 8.41. The molecule has 0 spiro atoms. The van der Waals surface area contributed by atoms with Crippen LogP contribution in [-0.4, -0.2) is 37.0 Å². The van der Waals surface area contributed by atoms with E-state index in [4.69, 9.17) is 45.3 Å². The van der Waals surface area contributed by atoms with Crippen LogP contribution in [0.5, 0.6) is 0 Å². The fourth-order valence-electron chi connectivity index (χ4n) is 1.66. The van der Waals surface area contributed by atoms with Crippen LogP contribution in [0.2, 0.25) is 15.2 Å². The normalized spacial score (nSPS) is 11.6. The Balaban J connectivity index is 2.62. The lowest BCUT2D eigenvalue weighted by Gasteiger charge is -2.13. The number of hydrogen-bond acceptors (Lipinski definition) is 5. The van der Waals surface area contributed by atoms with Gasteiger partial charge in [-0.3, -0.25) is 9.59 Å². The Morgan fingerprint density at radius 1 is 1.24 bits per heavy atom. The zero-order chi connectivity index (χ0) is 19.1. The molecular formula is C14H18Cl3N4O4+. The number of amides is 2. The lowest BCUT2D eigenvalue weighted by molar-refractivity contribution is -0.380. The molecule has 8 nitrogen and oxygen atoms in total. The number of carbonyl (C=O) groups excluding carboxylic acids is 3. The molecule has 5 N–H and O–H groups in total. The molecule has 0 aliphatic carbocycles. The Morgan fingerprint density at radius 3 is 2.48 bits per heavy atom. The number of nitrogens with two attached hydrogens (primary N) is 1. The van der Waals surface area contributed by atoms with E-state index in [1.165, 1.54) is 6.92 Å². The van der Waals surface area contributed by atoms with E-state index >= 15 is 0 Å². The average molecular weight is 413 g/mol. The molecule has 1 aromatic heterocycles. The van der Waals surface area contributed by atoms with Crippen LogP contribution in [0.25, 0.3) is 0 Å². The zero-order valence-corrected chi connectivity index (χ0v) is 15.8. The van der Waals surface area contributed by atoms with Gasteiger partial charge in [-0.15, -0.1) is 0 Å². The van der Waals surface area contributed by atoms with E-state index in [0.717, 1.165) is 6.42 Å². The van der Waals surface area contributed by atoms with Crippen molar-refractivity contribution in [3.05, 3.63) is 20.9 Å². The summed E-state index contributed by atoms with van der Waals surface area (Å²) < 4.78 is 4.83. The van der Waals surface area contributed by atoms with Crippen LogP contribution >= 0.6 is 34.8 Å².